The fourth-order valence-electron chi connectivity index (χ4n) is 2.30. The number of anilines is 1. The molecule has 0 amide bonds. The van der Waals surface area contributed by atoms with E-state index in [1.54, 1.807) is 17.0 Å². The lowest BCUT2D eigenvalue weighted by atomic mass is 10.1. The van der Waals surface area contributed by atoms with Gasteiger partial charge in [0, 0.05) is 37.9 Å². The molecule has 1 heterocycles. The maximum atomic E-state index is 12.9. The van der Waals surface area contributed by atoms with E-state index in [0.717, 1.165) is 5.69 Å². The highest BCUT2D eigenvalue weighted by molar-refractivity contribution is 5.51. The Kier molecular flexibility index (Phi) is 4.75. The zero-order valence-corrected chi connectivity index (χ0v) is 11.4. The van der Waals surface area contributed by atoms with Crippen molar-refractivity contribution in [2.75, 3.05) is 37.7 Å². The van der Waals surface area contributed by atoms with Gasteiger partial charge in [0.15, 0.2) is 0 Å². The number of hydrogen-bond acceptors (Lipinski definition) is 3. The molecule has 1 aromatic carbocycles. The van der Waals surface area contributed by atoms with Crippen LogP contribution in [0.5, 0.6) is 5.75 Å². The first-order chi connectivity index (χ1) is 9.50. The van der Waals surface area contributed by atoms with Crippen molar-refractivity contribution in [1.82, 2.24) is 5.32 Å². The Balaban J connectivity index is 2.15. The minimum atomic E-state index is -4.17. The Morgan fingerprint density at radius 1 is 1.40 bits per heavy atom. The Labute approximate surface area is 116 Å². The summed E-state index contributed by atoms with van der Waals surface area (Å²) in [7, 11) is 0. The van der Waals surface area contributed by atoms with Crippen LogP contribution >= 0.6 is 0 Å². The summed E-state index contributed by atoms with van der Waals surface area (Å²) in [6.07, 6.45) is -4.17. The summed E-state index contributed by atoms with van der Waals surface area (Å²) in [5.41, 5.74) is 0.772. The standard InChI is InChI=1S/C14H19F3N2O/c1-2-20-13-5-3-4-12(8-13)19-7-6-18-9-11(10-19)14(15,16)17/h3-5,8,11,18H,2,6-7,9-10H2,1H3. The summed E-state index contributed by atoms with van der Waals surface area (Å²) in [5.74, 6) is -0.661. The van der Waals surface area contributed by atoms with Gasteiger partial charge in [-0.2, -0.15) is 13.2 Å². The first kappa shape index (κ1) is 15.0. The molecule has 0 radical (unpaired) electrons. The lowest BCUT2D eigenvalue weighted by Gasteiger charge is -2.27. The van der Waals surface area contributed by atoms with Gasteiger partial charge in [-0.25, -0.2) is 0 Å². The van der Waals surface area contributed by atoms with Gasteiger partial charge in [-0.3, -0.25) is 0 Å². The summed E-state index contributed by atoms with van der Waals surface area (Å²) < 4.78 is 44.2. The molecule has 3 nitrogen and oxygen atoms in total. The van der Waals surface area contributed by atoms with Crippen LogP contribution in [-0.4, -0.2) is 39.0 Å². The molecule has 20 heavy (non-hydrogen) atoms. The highest BCUT2D eigenvalue weighted by Crippen LogP contribution is 2.30. The second-order valence-corrected chi connectivity index (χ2v) is 4.82. The van der Waals surface area contributed by atoms with Crippen molar-refractivity contribution in [3.8, 4) is 5.75 Å². The van der Waals surface area contributed by atoms with Gasteiger partial charge in [-0.1, -0.05) is 6.07 Å². The normalized spacial score (nSPS) is 20.6. The predicted molar refractivity (Wildman–Crippen MR) is 72.2 cm³/mol. The Bertz CT molecular complexity index is 437. The minimum absolute atomic E-state index is 0.0217. The first-order valence-corrected chi connectivity index (χ1v) is 6.76. The average molecular weight is 288 g/mol. The molecule has 112 valence electrons. The Hall–Kier alpha value is -1.43. The van der Waals surface area contributed by atoms with Crippen molar-refractivity contribution in [3.05, 3.63) is 24.3 Å². The third kappa shape index (κ3) is 3.79. The Morgan fingerprint density at radius 2 is 2.20 bits per heavy atom. The van der Waals surface area contributed by atoms with Crippen molar-refractivity contribution >= 4 is 5.69 Å². The molecule has 1 aromatic rings. The van der Waals surface area contributed by atoms with Crippen molar-refractivity contribution < 1.29 is 17.9 Å². The van der Waals surface area contributed by atoms with Crippen LogP contribution in [0.25, 0.3) is 0 Å². The number of ether oxygens (including phenoxy) is 1. The van der Waals surface area contributed by atoms with Crippen LogP contribution in [0.1, 0.15) is 6.92 Å². The monoisotopic (exact) mass is 288 g/mol. The fourth-order valence-corrected chi connectivity index (χ4v) is 2.30. The molecule has 0 aromatic heterocycles. The molecule has 0 spiro atoms. The highest BCUT2D eigenvalue weighted by Gasteiger charge is 2.41. The smallest absolute Gasteiger partial charge is 0.394 e. The number of halogens is 3. The molecule has 1 N–H and O–H groups in total. The number of nitrogens with one attached hydrogen (secondary N) is 1. The molecular weight excluding hydrogens is 269 g/mol. The number of nitrogens with zero attached hydrogens (tertiary/aromatic N) is 1. The molecule has 1 fully saturated rings. The lowest BCUT2D eigenvalue weighted by molar-refractivity contribution is -0.169. The van der Waals surface area contributed by atoms with Crippen LogP contribution in [0, 0.1) is 5.92 Å². The van der Waals surface area contributed by atoms with Crippen LogP contribution in [0.4, 0.5) is 18.9 Å². The van der Waals surface area contributed by atoms with E-state index in [9.17, 15) is 13.2 Å². The third-order valence-corrected chi connectivity index (χ3v) is 3.35. The molecule has 6 heteroatoms. The number of rotatable bonds is 3. The van der Waals surface area contributed by atoms with Crippen LogP contribution in [0.3, 0.4) is 0 Å². The van der Waals surface area contributed by atoms with E-state index >= 15 is 0 Å². The van der Waals surface area contributed by atoms with Gasteiger partial charge in [0.25, 0.3) is 0 Å². The average Bonchev–Trinajstić information content (AvgIpc) is 2.65. The first-order valence-electron chi connectivity index (χ1n) is 6.76. The van der Waals surface area contributed by atoms with Gasteiger partial charge in [-0.15, -0.1) is 0 Å². The van der Waals surface area contributed by atoms with Crippen molar-refractivity contribution in [1.29, 1.82) is 0 Å². The van der Waals surface area contributed by atoms with Crippen LogP contribution in [-0.2, 0) is 0 Å². The lowest BCUT2D eigenvalue weighted by Crippen LogP contribution is -2.38. The summed E-state index contributed by atoms with van der Waals surface area (Å²) in [6, 6.07) is 7.23. The molecule has 1 aliphatic rings. The van der Waals surface area contributed by atoms with Crippen LogP contribution in [0.15, 0.2) is 24.3 Å². The molecule has 1 aliphatic heterocycles. The zero-order chi connectivity index (χ0) is 14.6. The SMILES string of the molecule is CCOc1cccc(N2CCNCC(C(F)(F)F)C2)c1. The van der Waals surface area contributed by atoms with Gasteiger partial charge in [0.05, 0.1) is 12.5 Å². The molecule has 0 bridgehead atoms. The van der Waals surface area contributed by atoms with Gasteiger partial charge in [0.1, 0.15) is 5.75 Å². The van der Waals surface area contributed by atoms with E-state index in [0.29, 0.717) is 25.4 Å². The zero-order valence-electron chi connectivity index (χ0n) is 11.4. The summed E-state index contributed by atoms with van der Waals surface area (Å²) >= 11 is 0. The topological polar surface area (TPSA) is 24.5 Å². The van der Waals surface area contributed by atoms with Crippen molar-refractivity contribution in [2.45, 2.75) is 13.1 Å². The summed E-state index contributed by atoms with van der Waals surface area (Å²) in [6.45, 7) is 3.48. The van der Waals surface area contributed by atoms with E-state index in [-0.39, 0.29) is 13.1 Å². The summed E-state index contributed by atoms with van der Waals surface area (Å²) in [5, 5.41) is 2.85. The van der Waals surface area contributed by atoms with Crippen molar-refractivity contribution in [2.24, 2.45) is 5.92 Å². The molecule has 0 aliphatic carbocycles. The molecule has 1 unspecified atom stereocenters. The van der Waals surface area contributed by atoms with Crippen molar-refractivity contribution in [3.63, 3.8) is 0 Å². The maximum absolute atomic E-state index is 12.9. The summed E-state index contributed by atoms with van der Waals surface area (Å²) in [4.78, 5) is 1.76. The molecule has 1 atom stereocenters. The van der Waals surface area contributed by atoms with Crippen LogP contribution in [0.2, 0.25) is 0 Å². The largest absolute Gasteiger partial charge is 0.494 e. The van der Waals surface area contributed by atoms with Gasteiger partial charge in [-0.05, 0) is 19.1 Å². The van der Waals surface area contributed by atoms with Crippen LogP contribution < -0.4 is 15.0 Å². The van der Waals surface area contributed by atoms with E-state index in [1.165, 1.54) is 0 Å². The van der Waals surface area contributed by atoms with E-state index in [4.69, 9.17) is 4.74 Å². The quantitative estimate of drug-likeness (QED) is 0.925. The van der Waals surface area contributed by atoms with Gasteiger partial charge >= 0.3 is 6.18 Å². The van der Waals surface area contributed by atoms with Gasteiger partial charge < -0.3 is 15.0 Å². The number of alkyl halides is 3. The predicted octanol–water partition coefficient (Wildman–Crippen LogP) is 2.67. The van der Waals surface area contributed by atoms with E-state index < -0.39 is 12.1 Å². The Morgan fingerprint density at radius 3 is 2.90 bits per heavy atom. The second kappa shape index (κ2) is 6.35. The number of benzene rings is 1. The molecule has 2 rings (SSSR count). The molecular formula is C14H19F3N2O. The highest BCUT2D eigenvalue weighted by atomic mass is 19.4. The van der Waals surface area contributed by atoms with E-state index in [1.807, 2.05) is 19.1 Å². The maximum Gasteiger partial charge on any atom is 0.394 e. The molecule has 1 saturated heterocycles. The van der Waals surface area contributed by atoms with E-state index in [2.05, 4.69) is 5.32 Å². The fraction of sp³-hybridized carbons (Fsp3) is 0.571. The van der Waals surface area contributed by atoms with Gasteiger partial charge in [0.2, 0.25) is 0 Å². The molecule has 0 saturated carbocycles. The third-order valence-electron chi connectivity index (χ3n) is 3.35. The second-order valence-electron chi connectivity index (χ2n) is 4.82. The minimum Gasteiger partial charge on any atom is -0.494 e. The number of hydrogen-bond donors (Lipinski definition) is 1.